The SMILES string of the molecule is Cc1cccc(C)c1OP(=O)(O)OCl. The van der Waals surface area contributed by atoms with Crippen LogP contribution in [0, 0.1) is 13.8 Å². The molecule has 0 aliphatic heterocycles. The molecule has 1 atom stereocenters. The number of halogens is 1. The van der Waals surface area contributed by atoms with E-state index in [0.717, 1.165) is 11.1 Å². The van der Waals surface area contributed by atoms with Crippen LogP contribution in [0.1, 0.15) is 11.1 Å². The Morgan fingerprint density at radius 2 is 1.86 bits per heavy atom. The van der Waals surface area contributed by atoms with Gasteiger partial charge in [-0.25, -0.2) is 4.57 Å². The Kier molecular flexibility index (Phi) is 3.56. The van der Waals surface area contributed by atoms with Crippen LogP contribution in [0.3, 0.4) is 0 Å². The van der Waals surface area contributed by atoms with Crippen LogP contribution in [-0.4, -0.2) is 4.89 Å². The molecule has 6 heteroatoms. The molecule has 14 heavy (non-hydrogen) atoms. The minimum absolute atomic E-state index is 0.319. The molecule has 0 heterocycles. The molecule has 78 valence electrons. The standard InChI is InChI=1S/C8H10ClO4P/c1-6-4-3-5-7(2)8(6)12-14(10,11)13-9/h3-5H,1-2H3,(H,10,11). The lowest BCUT2D eigenvalue weighted by Gasteiger charge is -2.12. The number of aryl methyl sites for hydroxylation is 2. The van der Waals surface area contributed by atoms with E-state index in [-0.39, 0.29) is 0 Å². The zero-order chi connectivity index (χ0) is 10.8. The minimum Gasteiger partial charge on any atom is -0.403 e. The van der Waals surface area contributed by atoms with E-state index >= 15 is 0 Å². The van der Waals surface area contributed by atoms with Gasteiger partial charge in [-0.15, -0.1) is 0 Å². The summed E-state index contributed by atoms with van der Waals surface area (Å²) in [5.74, 6) is 0.319. The zero-order valence-electron chi connectivity index (χ0n) is 7.73. The van der Waals surface area contributed by atoms with Crippen molar-refractivity contribution in [1.29, 1.82) is 0 Å². The molecule has 1 aromatic rings. The Balaban J connectivity index is 3.03. The van der Waals surface area contributed by atoms with Crippen molar-refractivity contribution in [1.82, 2.24) is 0 Å². The maximum atomic E-state index is 11.0. The first kappa shape index (κ1) is 11.5. The van der Waals surface area contributed by atoms with Crippen molar-refractivity contribution in [3.63, 3.8) is 0 Å². The summed E-state index contributed by atoms with van der Waals surface area (Å²) in [5, 5.41) is 0. The second-order valence-electron chi connectivity index (χ2n) is 2.85. The van der Waals surface area contributed by atoms with Crippen molar-refractivity contribution in [3.8, 4) is 5.75 Å². The normalized spacial score (nSPS) is 14.9. The molecule has 1 unspecified atom stereocenters. The van der Waals surface area contributed by atoms with Gasteiger partial charge in [0.2, 0.25) is 0 Å². The molecule has 0 aliphatic carbocycles. The van der Waals surface area contributed by atoms with Crippen LogP contribution in [0.2, 0.25) is 0 Å². The van der Waals surface area contributed by atoms with Gasteiger partial charge in [0.1, 0.15) is 5.75 Å². The molecule has 0 bridgehead atoms. The van der Waals surface area contributed by atoms with Crippen molar-refractivity contribution in [3.05, 3.63) is 29.3 Å². The maximum absolute atomic E-state index is 11.0. The number of rotatable bonds is 3. The Labute approximate surface area is 87.2 Å². The molecule has 4 nitrogen and oxygen atoms in total. The number of phosphoric ester groups is 1. The predicted octanol–water partition coefficient (Wildman–Crippen LogP) is 2.95. The number of hydrogen-bond acceptors (Lipinski definition) is 3. The van der Waals surface area contributed by atoms with E-state index in [9.17, 15) is 4.57 Å². The first-order valence-electron chi connectivity index (χ1n) is 3.85. The number of hydrogen-bond donors (Lipinski definition) is 1. The fraction of sp³-hybridized carbons (Fsp3) is 0.250. The third-order valence-electron chi connectivity index (χ3n) is 1.70. The monoisotopic (exact) mass is 236 g/mol. The van der Waals surface area contributed by atoms with Gasteiger partial charge in [-0.2, -0.15) is 4.08 Å². The lowest BCUT2D eigenvalue weighted by atomic mass is 10.1. The highest BCUT2D eigenvalue weighted by molar-refractivity contribution is 7.48. The van der Waals surface area contributed by atoms with Crippen LogP contribution < -0.4 is 4.52 Å². The van der Waals surface area contributed by atoms with Crippen LogP contribution >= 0.6 is 19.7 Å². The molecule has 0 aliphatic rings. The molecular weight excluding hydrogens is 227 g/mol. The van der Waals surface area contributed by atoms with Crippen molar-refractivity contribution in [2.45, 2.75) is 13.8 Å². The third kappa shape index (κ3) is 2.72. The van der Waals surface area contributed by atoms with Gasteiger partial charge in [0.15, 0.2) is 0 Å². The largest absolute Gasteiger partial charge is 0.544 e. The van der Waals surface area contributed by atoms with Gasteiger partial charge < -0.3 is 4.52 Å². The van der Waals surface area contributed by atoms with Crippen LogP contribution in [0.4, 0.5) is 0 Å². The highest BCUT2D eigenvalue weighted by Crippen LogP contribution is 2.46. The van der Waals surface area contributed by atoms with Crippen molar-refractivity contribution < 1.29 is 18.1 Å². The molecule has 0 aromatic heterocycles. The van der Waals surface area contributed by atoms with Gasteiger partial charge in [-0.1, -0.05) is 18.2 Å². The molecule has 1 rings (SSSR count). The van der Waals surface area contributed by atoms with Crippen molar-refractivity contribution >= 4 is 19.7 Å². The fourth-order valence-electron chi connectivity index (χ4n) is 1.07. The van der Waals surface area contributed by atoms with Gasteiger partial charge in [-0.3, -0.25) is 4.89 Å². The average Bonchev–Trinajstić information content (AvgIpc) is 2.12. The van der Waals surface area contributed by atoms with Gasteiger partial charge in [0.25, 0.3) is 0 Å². The molecule has 0 spiro atoms. The minimum atomic E-state index is -4.18. The summed E-state index contributed by atoms with van der Waals surface area (Å²) in [5.41, 5.74) is 1.49. The van der Waals surface area contributed by atoms with E-state index in [1.807, 2.05) is 6.07 Å². The van der Waals surface area contributed by atoms with E-state index in [4.69, 9.17) is 21.3 Å². The zero-order valence-corrected chi connectivity index (χ0v) is 9.38. The van der Waals surface area contributed by atoms with Crippen LogP contribution in [0.15, 0.2) is 18.2 Å². The Hall–Kier alpha value is -0.540. The smallest absolute Gasteiger partial charge is 0.403 e. The summed E-state index contributed by atoms with van der Waals surface area (Å²) in [6.07, 6.45) is 0. The Bertz CT molecular complexity index is 359. The highest BCUT2D eigenvalue weighted by atomic mass is 35.5. The van der Waals surface area contributed by atoms with Crippen molar-refractivity contribution in [2.24, 2.45) is 0 Å². The van der Waals surface area contributed by atoms with Crippen molar-refractivity contribution in [2.75, 3.05) is 0 Å². The number of para-hydroxylation sites is 1. The second kappa shape index (κ2) is 4.32. The Morgan fingerprint density at radius 1 is 1.36 bits per heavy atom. The van der Waals surface area contributed by atoms with Gasteiger partial charge in [0, 0.05) is 0 Å². The summed E-state index contributed by atoms with van der Waals surface area (Å²) in [6.45, 7) is 3.52. The molecule has 0 amide bonds. The van der Waals surface area contributed by atoms with E-state index in [1.54, 1.807) is 26.0 Å². The van der Waals surface area contributed by atoms with E-state index < -0.39 is 7.82 Å². The molecule has 1 N–H and O–H groups in total. The highest BCUT2D eigenvalue weighted by Gasteiger charge is 2.24. The average molecular weight is 237 g/mol. The molecule has 0 fully saturated rings. The number of benzene rings is 1. The molecular formula is C8H10ClO4P. The predicted molar refractivity (Wildman–Crippen MR) is 53.3 cm³/mol. The maximum Gasteiger partial charge on any atom is 0.544 e. The first-order valence-corrected chi connectivity index (χ1v) is 5.65. The second-order valence-corrected chi connectivity index (χ2v) is 4.52. The van der Waals surface area contributed by atoms with Crippen LogP contribution in [0.25, 0.3) is 0 Å². The summed E-state index contributed by atoms with van der Waals surface area (Å²) in [6, 6.07) is 5.34. The van der Waals surface area contributed by atoms with E-state index in [2.05, 4.69) is 4.08 Å². The topological polar surface area (TPSA) is 55.8 Å². The summed E-state index contributed by atoms with van der Waals surface area (Å²) in [7, 11) is -4.18. The number of phosphoric acid groups is 1. The van der Waals surface area contributed by atoms with Crippen LogP contribution in [-0.2, 0) is 8.64 Å². The summed E-state index contributed by atoms with van der Waals surface area (Å²) >= 11 is 4.81. The lowest BCUT2D eigenvalue weighted by molar-refractivity contribution is 0.299. The molecule has 1 aromatic carbocycles. The molecule has 0 radical (unpaired) electrons. The summed E-state index contributed by atoms with van der Waals surface area (Å²) in [4.78, 5) is 9.00. The third-order valence-corrected chi connectivity index (χ3v) is 2.81. The fourth-order valence-corrected chi connectivity index (χ4v) is 1.70. The van der Waals surface area contributed by atoms with Gasteiger partial charge >= 0.3 is 7.82 Å². The molecule has 0 saturated heterocycles. The molecule has 0 saturated carbocycles. The quantitative estimate of drug-likeness (QED) is 0.820. The first-order chi connectivity index (χ1) is 6.46. The van der Waals surface area contributed by atoms with E-state index in [0.29, 0.717) is 5.75 Å². The Morgan fingerprint density at radius 3 is 2.29 bits per heavy atom. The van der Waals surface area contributed by atoms with Gasteiger partial charge in [0.05, 0.1) is 11.9 Å². The van der Waals surface area contributed by atoms with E-state index in [1.165, 1.54) is 0 Å². The van der Waals surface area contributed by atoms with Crippen LogP contribution in [0.5, 0.6) is 5.75 Å². The van der Waals surface area contributed by atoms with Gasteiger partial charge in [-0.05, 0) is 25.0 Å². The lowest BCUT2D eigenvalue weighted by Crippen LogP contribution is -1.95. The summed E-state index contributed by atoms with van der Waals surface area (Å²) < 4.78 is 19.6.